The van der Waals surface area contributed by atoms with E-state index in [9.17, 15) is 0 Å². The molecular weight excluding hydrogens is 190 g/mol. The van der Waals surface area contributed by atoms with Gasteiger partial charge in [-0.15, -0.1) is 0 Å². The highest BCUT2D eigenvalue weighted by Crippen LogP contribution is 2.08. The van der Waals surface area contributed by atoms with E-state index in [4.69, 9.17) is 12.2 Å². The van der Waals surface area contributed by atoms with Crippen molar-refractivity contribution >= 4 is 17.2 Å². The molecule has 1 nitrogen and oxygen atoms in total. The summed E-state index contributed by atoms with van der Waals surface area (Å²) in [6.07, 6.45) is 7.73. The molecule has 84 valence electrons. The van der Waals surface area contributed by atoms with Crippen molar-refractivity contribution in [3.8, 4) is 0 Å². The molecule has 0 aromatic carbocycles. The predicted octanol–water partition coefficient (Wildman–Crippen LogP) is 4.01. The summed E-state index contributed by atoms with van der Waals surface area (Å²) in [5.74, 6) is 0. The Morgan fingerprint density at radius 2 is 1.71 bits per heavy atom. The van der Waals surface area contributed by atoms with Gasteiger partial charge in [0.05, 0.1) is 4.99 Å². The quantitative estimate of drug-likeness (QED) is 0.466. The van der Waals surface area contributed by atoms with Crippen LogP contribution in [0.2, 0.25) is 0 Å². The fourth-order valence-electron chi connectivity index (χ4n) is 1.34. The van der Waals surface area contributed by atoms with Gasteiger partial charge in [0.25, 0.3) is 0 Å². The van der Waals surface area contributed by atoms with E-state index in [2.05, 4.69) is 32.7 Å². The lowest BCUT2D eigenvalue weighted by Gasteiger charge is -2.24. The maximum Gasteiger partial charge on any atom is 0.0778 e. The van der Waals surface area contributed by atoms with Gasteiger partial charge in [-0.3, -0.25) is 0 Å². The van der Waals surface area contributed by atoms with Crippen molar-refractivity contribution in [2.75, 3.05) is 7.05 Å². The zero-order chi connectivity index (χ0) is 11.0. The lowest BCUT2D eigenvalue weighted by molar-refractivity contribution is 0.414. The highest BCUT2D eigenvalue weighted by atomic mass is 32.1. The van der Waals surface area contributed by atoms with Crippen LogP contribution in [0.3, 0.4) is 0 Å². The lowest BCUT2D eigenvalue weighted by atomic mass is 10.1. The highest BCUT2D eigenvalue weighted by molar-refractivity contribution is 7.80. The maximum atomic E-state index is 5.36. The first-order valence-corrected chi connectivity index (χ1v) is 6.26. The topological polar surface area (TPSA) is 3.24 Å². The Hall–Kier alpha value is -0.110. The Morgan fingerprint density at radius 3 is 2.21 bits per heavy atom. The van der Waals surface area contributed by atoms with E-state index in [0.717, 1.165) is 11.4 Å². The maximum absolute atomic E-state index is 5.36. The van der Waals surface area contributed by atoms with Crippen LogP contribution in [-0.4, -0.2) is 23.0 Å². The van der Waals surface area contributed by atoms with Gasteiger partial charge in [0, 0.05) is 13.1 Å². The second-order valence-corrected chi connectivity index (χ2v) is 4.73. The first-order chi connectivity index (χ1) is 6.59. The number of hydrogen-bond acceptors (Lipinski definition) is 1. The van der Waals surface area contributed by atoms with Crippen LogP contribution in [0.25, 0.3) is 0 Å². The van der Waals surface area contributed by atoms with E-state index in [-0.39, 0.29) is 0 Å². The molecule has 2 heteroatoms. The molecule has 0 unspecified atom stereocenters. The second kappa shape index (κ2) is 8.22. The molecular formula is C12H25NS. The van der Waals surface area contributed by atoms with Crippen molar-refractivity contribution < 1.29 is 0 Å². The summed E-state index contributed by atoms with van der Waals surface area (Å²) in [5.41, 5.74) is 0. The molecule has 0 aromatic heterocycles. The van der Waals surface area contributed by atoms with Crippen LogP contribution < -0.4 is 0 Å². The van der Waals surface area contributed by atoms with E-state index >= 15 is 0 Å². The van der Waals surface area contributed by atoms with Crippen LogP contribution >= 0.6 is 12.2 Å². The molecule has 0 saturated heterocycles. The van der Waals surface area contributed by atoms with Gasteiger partial charge in [0.15, 0.2) is 0 Å². The summed E-state index contributed by atoms with van der Waals surface area (Å²) in [6.45, 7) is 6.62. The highest BCUT2D eigenvalue weighted by Gasteiger charge is 2.06. The Kier molecular flexibility index (Phi) is 8.15. The van der Waals surface area contributed by atoms with Crippen molar-refractivity contribution in [3.05, 3.63) is 0 Å². The van der Waals surface area contributed by atoms with Gasteiger partial charge >= 0.3 is 0 Å². The fourth-order valence-corrected chi connectivity index (χ4v) is 1.70. The molecule has 0 fully saturated rings. The van der Waals surface area contributed by atoms with Crippen molar-refractivity contribution in [1.29, 1.82) is 0 Å². The van der Waals surface area contributed by atoms with Crippen LogP contribution in [0.1, 0.15) is 59.3 Å². The molecule has 0 aliphatic heterocycles. The SMILES string of the molecule is CCCCCCCC(=S)N(C)C(C)C. The van der Waals surface area contributed by atoms with Gasteiger partial charge in [0.1, 0.15) is 0 Å². The number of unbranched alkanes of at least 4 members (excludes halogenated alkanes) is 4. The third-order valence-electron chi connectivity index (χ3n) is 2.66. The van der Waals surface area contributed by atoms with Crippen LogP contribution in [0, 0.1) is 0 Å². The van der Waals surface area contributed by atoms with Crippen LogP contribution in [-0.2, 0) is 0 Å². The standard InChI is InChI=1S/C12H25NS/c1-5-6-7-8-9-10-12(14)13(4)11(2)3/h11H,5-10H2,1-4H3. The van der Waals surface area contributed by atoms with Crippen molar-refractivity contribution in [2.45, 2.75) is 65.3 Å². The molecule has 0 amide bonds. The molecule has 0 radical (unpaired) electrons. The zero-order valence-electron chi connectivity index (χ0n) is 10.2. The van der Waals surface area contributed by atoms with Crippen molar-refractivity contribution in [3.63, 3.8) is 0 Å². The van der Waals surface area contributed by atoms with Crippen LogP contribution in [0.5, 0.6) is 0 Å². The summed E-state index contributed by atoms with van der Waals surface area (Å²) in [4.78, 5) is 3.33. The third-order valence-corrected chi connectivity index (χ3v) is 3.15. The monoisotopic (exact) mass is 215 g/mol. The molecule has 0 bridgehead atoms. The van der Waals surface area contributed by atoms with E-state index in [1.165, 1.54) is 32.1 Å². The smallest absolute Gasteiger partial charge is 0.0778 e. The Labute approximate surface area is 94.9 Å². The number of hydrogen-bond donors (Lipinski definition) is 0. The minimum Gasteiger partial charge on any atom is -0.367 e. The van der Waals surface area contributed by atoms with Gasteiger partial charge in [0.2, 0.25) is 0 Å². The van der Waals surface area contributed by atoms with Gasteiger partial charge in [-0.25, -0.2) is 0 Å². The first kappa shape index (κ1) is 13.9. The van der Waals surface area contributed by atoms with Gasteiger partial charge in [-0.2, -0.15) is 0 Å². The number of thiocarbonyl (C=S) groups is 1. The third kappa shape index (κ3) is 6.36. The van der Waals surface area contributed by atoms with Gasteiger partial charge in [-0.05, 0) is 26.7 Å². The summed E-state index contributed by atoms with van der Waals surface area (Å²) in [7, 11) is 2.10. The van der Waals surface area contributed by atoms with Gasteiger partial charge in [-0.1, -0.05) is 44.8 Å². The fraction of sp³-hybridized carbons (Fsp3) is 0.917. The van der Waals surface area contributed by atoms with Crippen LogP contribution in [0.15, 0.2) is 0 Å². The second-order valence-electron chi connectivity index (χ2n) is 4.26. The molecule has 0 aromatic rings. The minimum atomic E-state index is 0.540. The molecule has 0 rings (SSSR count). The molecule has 0 N–H and O–H groups in total. The largest absolute Gasteiger partial charge is 0.367 e. The predicted molar refractivity (Wildman–Crippen MR) is 68.9 cm³/mol. The zero-order valence-corrected chi connectivity index (χ0v) is 11.0. The summed E-state index contributed by atoms with van der Waals surface area (Å²) < 4.78 is 0. The average Bonchev–Trinajstić information content (AvgIpc) is 2.16. The Bertz CT molecular complexity index is 154. The Balaban J connectivity index is 3.44. The van der Waals surface area contributed by atoms with Gasteiger partial charge < -0.3 is 4.90 Å². The van der Waals surface area contributed by atoms with E-state index in [1.54, 1.807) is 0 Å². The summed E-state index contributed by atoms with van der Waals surface area (Å²) >= 11 is 5.36. The number of nitrogens with zero attached hydrogens (tertiary/aromatic N) is 1. The lowest BCUT2D eigenvalue weighted by Crippen LogP contribution is -2.31. The average molecular weight is 215 g/mol. The molecule has 0 aliphatic rings. The summed E-state index contributed by atoms with van der Waals surface area (Å²) in [5, 5.41) is 0. The molecule has 14 heavy (non-hydrogen) atoms. The van der Waals surface area contributed by atoms with E-state index < -0.39 is 0 Å². The number of rotatable bonds is 7. The molecule has 0 saturated carbocycles. The molecule has 0 atom stereocenters. The normalized spacial score (nSPS) is 10.6. The first-order valence-electron chi connectivity index (χ1n) is 5.85. The summed E-state index contributed by atoms with van der Waals surface area (Å²) in [6, 6.07) is 0.540. The van der Waals surface area contributed by atoms with E-state index in [1.807, 2.05) is 0 Å². The minimum absolute atomic E-state index is 0.540. The molecule has 0 aliphatic carbocycles. The Morgan fingerprint density at radius 1 is 1.14 bits per heavy atom. The van der Waals surface area contributed by atoms with Crippen molar-refractivity contribution in [1.82, 2.24) is 4.90 Å². The van der Waals surface area contributed by atoms with Crippen molar-refractivity contribution in [2.24, 2.45) is 0 Å². The molecule has 0 heterocycles. The van der Waals surface area contributed by atoms with Crippen LogP contribution in [0.4, 0.5) is 0 Å². The van der Waals surface area contributed by atoms with E-state index in [0.29, 0.717) is 6.04 Å². The molecule has 0 spiro atoms.